The second-order valence-electron chi connectivity index (χ2n) is 4.48. The van der Waals surface area contributed by atoms with Crippen molar-refractivity contribution in [1.82, 2.24) is 5.32 Å². The van der Waals surface area contributed by atoms with Gasteiger partial charge in [0.1, 0.15) is 5.78 Å². The van der Waals surface area contributed by atoms with Crippen molar-refractivity contribution in [3.05, 3.63) is 0 Å². The summed E-state index contributed by atoms with van der Waals surface area (Å²) in [5.74, 6) is 0.696. The molecule has 1 amide bonds. The van der Waals surface area contributed by atoms with Gasteiger partial charge in [-0.3, -0.25) is 9.59 Å². The summed E-state index contributed by atoms with van der Waals surface area (Å²) in [7, 11) is 0. The SMILES string of the molecule is CCCC(=O)NC1CCC(C(C)=O)CC1. The van der Waals surface area contributed by atoms with Gasteiger partial charge in [0.25, 0.3) is 0 Å². The summed E-state index contributed by atoms with van der Waals surface area (Å²) in [4.78, 5) is 22.5. The van der Waals surface area contributed by atoms with E-state index in [1.54, 1.807) is 6.92 Å². The molecule has 0 bridgehead atoms. The summed E-state index contributed by atoms with van der Waals surface area (Å²) in [5.41, 5.74) is 0. The Labute approximate surface area is 91.6 Å². The summed E-state index contributed by atoms with van der Waals surface area (Å²) < 4.78 is 0. The van der Waals surface area contributed by atoms with Crippen molar-refractivity contribution >= 4 is 11.7 Å². The van der Waals surface area contributed by atoms with Crippen LogP contribution >= 0.6 is 0 Å². The van der Waals surface area contributed by atoms with Gasteiger partial charge in [0.2, 0.25) is 5.91 Å². The minimum Gasteiger partial charge on any atom is -0.353 e. The van der Waals surface area contributed by atoms with Crippen LogP contribution in [0.3, 0.4) is 0 Å². The Morgan fingerprint density at radius 3 is 2.27 bits per heavy atom. The maximum atomic E-state index is 11.3. The molecule has 3 nitrogen and oxygen atoms in total. The molecule has 0 aromatic rings. The van der Waals surface area contributed by atoms with E-state index in [1.807, 2.05) is 6.92 Å². The molecule has 0 radical (unpaired) electrons. The standard InChI is InChI=1S/C12H21NO2/c1-3-4-12(15)13-11-7-5-10(6-8-11)9(2)14/h10-11H,3-8H2,1-2H3,(H,13,15). The molecule has 1 rings (SSSR count). The van der Waals surface area contributed by atoms with E-state index in [9.17, 15) is 9.59 Å². The third-order valence-electron chi connectivity index (χ3n) is 3.14. The smallest absolute Gasteiger partial charge is 0.220 e. The number of carbonyl (C=O) groups is 2. The number of nitrogens with one attached hydrogen (secondary N) is 1. The average Bonchev–Trinajstić information content (AvgIpc) is 2.18. The van der Waals surface area contributed by atoms with Gasteiger partial charge < -0.3 is 5.32 Å². The van der Waals surface area contributed by atoms with Crippen LogP contribution in [-0.2, 0) is 9.59 Å². The third-order valence-corrected chi connectivity index (χ3v) is 3.14. The molecular weight excluding hydrogens is 190 g/mol. The zero-order valence-electron chi connectivity index (χ0n) is 9.71. The second kappa shape index (κ2) is 5.89. The van der Waals surface area contributed by atoms with Gasteiger partial charge >= 0.3 is 0 Å². The highest BCUT2D eigenvalue weighted by molar-refractivity contribution is 5.78. The average molecular weight is 211 g/mol. The zero-order chi connectivity index (χ0) is 11.3. The Balaban J connectivity index is 2.25. The Morgan fingerprint density at radius 1 is 1.20 bits per heavy atom. The van der Waals surface area contributed by atoms with Crippen LogP contribution in [0, 0.1) is 5.92 Å². The Bertz CT molecular complexity index is 230. The molecular formula is C12H21NO2. The van der Waals surface area contributed by atoms with Gasteiger partial charge in [-0.2, -0.15) is 0 Å². The van der Waals surface area contributed by atoms with E-state index < -0.39 is 0 Å². The van der Waals surface area contributed by atoms with E-state index in [2.05, 4.69) is 5.32 Å². The van der Waals surface area contributed by atoms with Crippen molar-refractivity contribution in [2.24, 2.45) is 5.92 Å². The predicted octanol–water partition coefficient (Wildman–Crippen LogP) is 2.05. The number of Topliss-reactive ketones (excluding diaryl/α,β-unsaturated/α-hetero) is 1. The Kier molecular flexibility index (Phi) is 4.79. The monoisotopic (exact) mass is 211 g/mol. The van der Waals surface area contributed by atoms with Gasteiger partial charge in [-0.25, -0.2) is 0 Å². The Hall–Kier alpha value is -0.860. The summed E-state index contributed by atoms with van der Waals surface area (Å²) in [5, 5.41) is 3.03. The van der Waals surface area contributed by atoms with Gasteiger partial charge in [0.15, 0.2) is 0 Å². The molecule has 1 aliphatic rings. The fourth-order valence-electron chi connectivity index (χ4n) is 2.17. The number of rotatable bonds is 4. The molecule has 0 aliphatic heterocycles. The van der Waals surface area contributed by atoms with E-state index >= 15 is 0 Å². The minimum absolute atomic E-state index is 0.156. The topological polar surface area (TPSA) is 46.2 Å². The molecule has 0 unspecified atom stereocenters. The molecule has 1 aliphatic carbocycles. The molecule has 0 heterocycles. The summed E-state index contributed by atoms with van der Waals surface area (Å²) in [6.45, 7) is 3.67. The van der Waals surface area contributed by atoms with E-state index in [-0.39, 0.29) is 11.8 Å². The van der Waals surface area contributed by atoms with Crippen LogP contribution in [0.1, 0.15) is 52.4 Å². The molecule has 1 saturated carbocycles. The fourth-order valence-corrected chi connectivity index (χ4v) is 2.17. The quantitative estimate of drug-likeness (QED) is 0.773. The van der Waals surface area contributed by atoms with Gasteiger partial charge in [-0.1, -0.05) is 6.92 Å². The molecule has 3 heteroatoms. The zero-order valence-corrected chi connectivity index (χ0v) is 9.71. The maximum absolute atomic E-state index is 11.3. The summed E-state index contributed by atoms with van der Waals surface area (Å²) in [6.07, 6.45) is 5.31. The van der Waals surface area contributed by atoms with E-state index in [1.165, 1.54) is 0 Å². The first-order chi connectivity index (χ1) is 7.13. The third kappa shape index (κ3) is 4.02. The molecule has 0 aromatic heterocycles. The molecule has 15 heavy (non-hydrogen) atoms. The minimum atomic E-state index is 0.156. The lowest BCUT2D eigenvalue weighted by molar-refractivity contribution is -0.122. The fraction of sp³-hybridized carbons (Fsp3) is 0.833. The van der Waals surface area contributed by atoms with Gasteiger partial charge in [-0.15, -0.1) is 0 Å². The highest BCUT2D eigenvalue weighted by Gasteiger charge is 2.24. The first kappa shape index (κ1) is 12.2. The second-order valence-corrected chi connectivity index (χ2v) is 4.48. The molecule has 0 atom stereocenters. The van der Waals surface area contributed by atoms with E-state index in [0.717, 1.165) is 32.1 Å². The summed E-state index contributed by atoms with van der Waals surface area (Å²) in [6, 6.07) is 0.305. The van der Waals surface area contributed by atoms with Crippen LogP contribution in [0.5, 0.6) is 0 Å². The van der Waals surface area contributed by atoms with Crippen molar-refractivity contribution < 1.29 is 9.59 Å². The first-order valence-electron chi connectivity index (χ1n) is 5.93. The maximum Gasteiger partial charge on any atom is 0.220 e. The van der Waals surface area contributed by atoms with Gasteiger partial charge in [-0.05, 0) is 39.0 Å². The predicted molar refractivity (Wildman–Crippen MR) is 59.5 cm³/mol. The first-order valence-corrected chi connectivity index (χ1v) is 5.93. The van der Waals surface area contributed by atoms with Crippen LogP contribution in [0.15, 0.2) is 0 Å². The van der Waals surface area contributed by atoms with E-state index in [0.29, 0.717) is 18.2 Å². The van der Waals surface area contributed by atoms with Crippen molar-refractivity contribution in [2.75, 3.05) is 0 Å². The summed E-state index contributed by atoms with van der Waals surface area (Å²) >= 11 is 0. The number of ketones is 1. The van der Waals surface area contributed by atoms with Gasteiger partial charge in [0, 0.05) is 18.4 Å². The molecule has 1 N–H and O–H groups in total. The van der Waals surface area contributed by atoms with Crippen LogP contribution in [0.4, 0.5) is 0 Å². The van der Waals surface area contributed by atoms with E-state index in [4.69, 9.17) is 0 Å². The lowest BCUT2D eigenvalue weighted by Crippen LogP contribution is -2.38. The van der Waals surface area contributed by atoms with Crippen LogP contribution in [0.2, 0.25) is 0 Å². The van der Waals surface area contributed by atoms with Crippen molar-refractivity contribution in [1.29, 1.82) is 0 Å². The van der Waals surface area contributed by atoms with Crippen molar-refractivity contribution in [2.45, 2.75) is 58.4 Å². The van der Waals surface area contributed by atoms with Crippen LogP contribution in [-0.4, -0.2) is 17.7 Å². The van der Waals surface area contributed by atoms with Crippen LogP contribution in [0.25, 0.3) is 0 Å². The Morgan fingerprint density at radius 2 is 1.80 bits per heavy atom. The lowest BCUT2D eigenvalue weighted by atomic mass is 9.84. The highest BCUT2D eigenvalue weighted by atomic mass is 16.1. The molecule has 0 aromatic carbocycles. The highest BCUT2D eigenvalue weighted by Crippen LogP contribution is 2.24. The molecule has 1 fully saturated rings. The molecule has 86 valence electrons. The van der Waals surface area contributed by atoms with Crippen molar-refractivity contribution in [3.8, 4) is 0 Å². The van der Waals surface area contributed by atoms with Gasteiger partial charge in [0.05, 0.1) is 0 Å². The van der Waals surface area contributed by atoms with Crippen LogP contribution < -0.4 is 5.32 Å². The largest absolute Gasteiger partial charge is 0.353 e. The number of amides is 1. The normalized spacial score (nSPS) is 26.0. The number of hydrogen-bond acceptors (Lipinski definition) is 2. The molecule has 0 saturated heterocycles. The molecule has 0 spiro atoms. The lowest BCUT2D eigenvalue weighted by Gasteiger charge is -2.27. The van der Waals surface area contributed by atoms with Crippen molar-refractivity contribution in [3.63, 3.8) is 0 Å². The number of hydrogen-bond donors (Lipinski definition) is 1. The number of carbonyl (C=O) groups excluding carboxylic acids is 2.